The molecule has 0 amide bonds. The van der Waals surface area contributed by atoms with Crippen LogP contribution in [0, 0.1) is 0 Å². The van der Waals surface area contributed by atoms with E-state index in [9.17, 15) is 0 Å². The molecule has 0 bridgehead atoms. The third-order valence-electron chi connectivity index (χ3n) is 2.94. The second kappa shape index (κ2) is 7.47. The molecule has 0 radical (unpaired) electrons. The first-order chi connectivity index (χ1) is 7.74. The van der Waals surface area contributed by atoms with E-state index in [1.54, 1.807) is 6.26 Å². The first-order valence-electron chi connectivity index (χ1n) is 6.17. The molecule has 0 aliphatic rings. The van der Waals surface area contributed by atoms with Crippen molar-refractivity contribution in [1.82, 2.24) is 10.2 Å². The van der Waals surface area contributed by atoms with Crippen molar-refractivity contribution in [2.24, 2.45) is 0 Å². The molecule has 92 valence electrons. The molecule has 1 rings (SSSR count). The Bertz CT molecular complexity index is 259. The first-order valence-corrected chi connectivity index (χ1v) is 6.17. The maximum atomic E-state index is 5.26. The van der Waals surface area contributed by atoms with Gasteiger partial charge in [-0.2, -0.15) is 0 Å². The van der Waals surface area contributed by atoms with Gasteiger partial charge in [0.2, 0.25) is 0 Å². The van der Waals surface area contributed by atoms with Crippen molar-refractivity contribution >= 4 is 0 Å². The minimum absolute atomic E-state index is 0.571. The molecule has 1 N–H and O–H groups in total. The van der Waals surface area contributed by atoms with E-state index in [-0.39, 0.29) is 0 Å². The van der Waals surface area contributed by atoms with Crippen molar-refractivity contribution in [3.05, 3.63) is 24.2 Å². The molecule has 3 nitrogen and oxygen atoms in total. The molecule has 0 saturated heterocycles. The fraction of sp³-hybridized carbons (Fsp3) is 0.692. The van der Waals surface area contributed by atoms with E-state index >= 15 is 0 Å². The topological polar surface area (TPSA) is 28.4 Å². The molecular weight excluding hydrogens is 200 g/mol. The van der Waals surface area contributed by atoms with Crippen molar-refractivity contribution in [2.45, 2.75) is 39.3 Å². The van der Waals surface area contributed by atoms with Crippen LogP contribution >= 0.6 is 0 Å². The standard InChI is InChI=1S/C13H24N2O/c1-4-5-8-15(3)12(2)10-14-11-13-7-6-9-16-13/h6-7,9,12,14H,4-5,8,10-11H2,1-3H3. The van der Waals surface area contributed by atoms with Gasteiger partial charge in [-0.25, -0.2) is 0 Å². The molecule has 3 heteroatoms. The maximum Gasteiger partial charge on any atom is 0.117 e. The average molecular weight is 224 g/mol. The predicted molar refractivity (Wildman–Crippen MR) is 67.4 cm³/mol. The molecule has 0 spiro atoms. The lowest BCUT2D eigenvalue weighted by molar-refractivity contribution is 0.245. The summed E-state index contributed by atoms with van der Waals surface area (Å²) in [6, 6.07) is 4.49. The second-order valence-electron chi connectivity index (χ2n) is 4.39. The van der Waals surface area contributed by atoms with Crippen LogP contribution in [0.2, 0.25) is 0 Å². The largest absolute Gasteiger partial charge is 0.468 e. The molecule has 1 atom stereocenters. The minimum Gasteiger partial charge on any atom is -0.468 e. The van der Waals surface area contributed by atoms with Gasteiger partial charge >= 0.3 is 0 Å². The molecule has 0 saturated carbocycles. The van der Waals surface area contributed by atoms with Gasteiger partial charge in [-0.05, 0) is 39.1 Å². The summed E-state index contributed by atoms with van der Waals surface area (Å²) in [4.78, 5) is 2.40. The van der Waals surface area contributed by atoms with Gasteiger partial charge in [0.1, 0.15) is 5.76 Å². The van der Waals surface area contributed by atoms with Gasteiger partial charge in [0, 0.05) is 12.6 Å². The summed E-state index contributed by atoms with van der Waals surface area (Å²) in [6.45, 7) is 7.48. The lowest BCUT2D eigenvalue weighted by atomic mass is 10.2. The van der Waals surface area contributed by atoms with Crippen molar-refractivity contribution < 1.29 is 4.42 Å². The summed E-state index contributed by atoms with van der Waals surface area (Å²) in [6.07, 6.45) is 4.25. The van der Waals surface area contributed by atoms with Gasteiger partial charge in [0.05, 0.1) is 12.8 Å². The van der Waals surface area contributed by atoms with E-state index in [0.717, 1.165) is 18.8 Å². The van der Waals surface area contributed by atoms with Gasteiger partial charge in [-0.3, -0.25) is 0 Å². The molecule has 0 aromatic carbocycles. The predicted octanol–water partition coefficient (Wildman–Crippen LogP) is 2.49. The second-order valence-corrected chi connectivity index (χ2v) is 4.39. The van der Waals surface area contributed by atoms with Crippen LogP contribution in [-0.4, -0.2) is 31.1 Å². The molecular formula is C13H24N2O. The molecule has 1 aromatic rings. The molecule has 0 fully saturated rings. The number of nitrogens with zero attached hydrogens (tertiary/aromatic N) is 1. The molecule has 16 heavy (non-hydrogen) atoms. The summed E-state index contributed by atoms with van der Waals surface area (Å²) in [5.74, 6) is 1.00. The molecule has 0 aliphatic heterocycles. The molecule has 1 heterocycles. The average Bonchev–Trinajstić information content (AvgIpc) is 2.78. The van der Waals surface area contributed by atoms with Crippen LogP contribution in [0.3, 0.4) is 0 Å². The summed E-state index contributed by atoms with van der Waals surface area (Å²) in [5, 5.41) is 3.41. The van der Waals surface area contributed by atoms with Gasteiger partial charge in [-0.1, -0.05) is 13.3 Å². The number of hydrogen-bond acceptors (Lipinski definition) is 3. The Morgan fingerprint density at radius 1 is 1.50 bits per heavy atom. The van der Waals surface area contributed by atoms with Crippen molar-refractivity contribution in [2.75, 3.05) is 20.1 Å². The number of hydrogen-bond donors (Lipinski definition) is 1. The van der Waals surface area contributed by atoms with Gasteiger partial charge in [0.15, 0.2) is 0 Å². The van der Waals surface area contributed by atoms with Crippen LogP contribution in [0.25, 0.3) is 0 Å². The van der Waals surface area contributed by atoms with Gasteiger partial charge in [-0.15, -0.1) is 0 Å². The van der Waals surface area contributed by atoms with Crippen LogP contribution in [0.15, 0.2) is 22.8 Å². The molecule has 1 aromatic heterocycles. The lowest BCUT2D eigenvalue weighted by Crippen LogP contribution is -2.38. The van der Waals surface area contributed by atoms with Crippen LogP contribution in [-0.2, 0) is 6.54 Å². The Balaban J connectivity index is 2.11. The summed E-state index contributed by atoms with van der Waals surface area (Å²) in [7, 11) is 2.19. The fourth-order valence-electron chi connectivity index (χ4n) is 1.60. The van der Waals surface area contributed by atoms with Gasteiger partial charge < -0.3 is 14.6 Å². The van der Waals surface area contributed by atoms with Crippen LogP contribution in [0.1, 0.15) is 32.4 Å². The van der Waals surface area contributed by atoms with E-state index < -0.39 is 0 Å². The monoisotopic (exact) mass is 224 g/mol. The first kappa shape index (κ1) is 13.3. The van der Waals surface area contributed by atoms with Crippen molar-refractivity contribution in [3.63, 3.8) is 0 Å². The van der Waals surface area contributed by atoms with E-state index in [1.807, 2.05) is 12.1 Å². The SMILES string of the molecule is CCCCN(C)C(C)CNCc1ccco1. The number of furan rings is 1. The molecule has 1 unspecified atom stereocenters. The highest BCUT2D eigenvalue weighted by Gasteiger charge is 2.07. The lowest BCUT2D eigenvalue weighted by Gasteiger charge is -2.24. The Kier molecular flexibility index (Phi) is 6.19. The van der Waals surface area contributed by atoms with Gasteiger partial charge in [0.25, 0.3) is 0 Å². The number of rotatable bonds is 8. The minimum atomic E-state index is 0.571. The highest BCUT2D eigenvalue weighted by Crippen LogP contribution is 2.00. The number of nitrogens with one attached hydrogen (secondary N) is 1. The van der Waals surface area contributed by atoms with E-state index in [1.165, 1.54) is 19.4 Å². The normalized spacial score (nSPS) is 13.2. The Morgan fingerprint density at radius 2 is 2.31 bits per heavy atom. The van der Waals surface area contributed by atoms with E-state index in [2.05, 4.69) is 31.1 Å². The summed E-state index contributed by atoms with van der Waals surface area (Å²) < 4.78 is 5.26. The van der Waals surface area contributed by atoms with Crippen molar-refractivity contribution in [3.8, 4) is 0 Å². The maximum absolute atomic E-state index is 5.26. The smallest absolute Gasteiger partial charge is 0.117 e. The zero-order chi connectivity index (χ0) is 11.8. The molecule has 0 aliphatic carbocycles. The van der Waals surface area contributed by atoms with Crippen LogP contribution in [0.4, 0.5) is 0 Å². The Hall–Kier alpha value is -0.800. The number of unbranched alkanes of at least 4 members (excludes halogenated alkanes) is 1. The highest BCUT2D eigenvalue weighted by atomic mass is 16.3. The number of likely N-dealkylation sites (N-methyl/N-ethyl adjacent to an activating group) is 1. The van der Waals surface area contributed by atoms with E-state index in [4.69, 9.17) is 4.42 Å². The van der Waals surface area contributed by atoms with Crippen LogP contribution in [0.5, 0.6) is 0 Å². The quantitative estimate of drug-likeness (QED) is 0.735. The zero-order valence-corrected chi connectivity index (χ0v) is 10.7. The summed E-state index contributed by atoms with van der Waals surface area (Å²) >= 11 is 0. The highest BCUT2D eigenvalue weighted by molar-refractivity contribution is 4.97. The van der Waals surface area contributed by atoms with E-state index in [0.29, 0.717) is 6.04 Å². The zero-order valence-electron chi connectivity index (χ0n) is 10.7. The Labute approximate surface area is 98.8 Å². The summed E-state index contributed by atoms with van der Waals surface area (Å²) in [5.41, 5.74) is 0. The Morgan fingerprint density at radius 3 is 2.94 bits per heavy atom. The third-order valence-corrected chi connectivity index (χ3v) is 2.94. The van der Waals surface area contributed by atoms with Crippen molar-refractivity contribution in [1.29, 1.82) is 0 Å². The third kappa shape index (κ3) is 4.81. The fourth-order valence-corrected chi connectivity index (χ4v) is 1.60. The van der Waals surface area contributed by atoms with Crippen LogP contribution < -0.4 is 5.32 Å².